The Hall–Kier alpha value is -3.12. The zero-order chi connectivity index (χ0) is 21.0. The first-order chi connectivity index (χ1) is 13.8. The lowest BCUT2D eigenvalue weighted by Crippen LogP contribution is -2.28. The number of nitrogens with zero attached hydrogens (tertiary/aromatic N) is 1. The van der Waals surface area contributed by atoms with Crippen molar-refractivity contribution < 1.29 is 13.2 Å². The van der Waals surface area contributed by atoms with Crippen LogP contribution in [0.15, 0.2) is 83.8 Å². The lowest BCUT2D eigenvalue weighted by atomic mass is 10.1. The van der Waals surface area contributed by atoms with Crippen molar-refractivity contribution in [2.75, 3.05) is 11.4 Å². The van der Waals surface area contributed by atoms with E-state index in [4.69, 9.17) is 0 Å². The summed E-state index contributed by atoms with van der Waals surface area (Å²) in [5, 5.41) is 2.95. The van der Waals surface area contributed by atoms with Crippen LogP contribution in [-0.4, -0.2) is 21.4 Å². The van der Waals surface area contributed by atoms with Gasteiger partial charge in [0.2, 0.25) is 0 Å². The number of carbonyl (C=O) groups excluding carboxylic acids is 1. The van der Waals surface area contributed by atoms with E-state index in [1.807, 2.05) is 44.2 Å². The molecule has 0 heterocycles. The van der Waals surface area contributed by atoms with Gasteiger partial charge in [-0.15, -0.1) is 0 Å². The number of aryl methyl sites for hydroxylation is 1. The van der Waals surface area contributed by atoms with Crippen molar-refractivity contribution >= 4 is 21.6 Å². The first-order valence-corrected chi connectivity index (χ1v) is 10.7. The largest absolute Gasteiger partial charge is 0.346 e. The maximum atomic E-state index is 12.8. The maximum absolute atomic E-state index is 12.8. The van der Waals surface area contributed by atoms with Gasteiger partial charge in [0.1, 0.15) is 0 Å². The summed E-state index contributed by atoms with van der Waals surface area (Å²) < 4.78 is 26.8. The molecule has 0 aliphatic rings. The third-order valence-electron chi connectivity index (χ3n) is 4.82. The Morgan fingerprint density at radius 2 is 1.48 bits per heavy atom. The van der Waals surface area contributed by atoms with Crippen molar-refractivity contribution in [2.45, 2.75) is 24.8 Å². The molecule has 0 aromatic heterocycles. The molecule has 3 aromatic carbocycles. The molecular formula is C23H24N2O3S. The molecule has 1 atom stereocenters. The van der Waals surface area contributed by atoms with Gasteiger partial charge in [-0.05, 0) is 55.8 Å². The van der Waals surface area contributed by atoms with Crippen molar-refractivity contribution in [2.24, 2.45) is 0 Å². The molecule has 5 nitrogen and oxygen atoms in total. The molecule has 3 aromatic rings. The Morgan fingerprint density at radius 3 is 2.07 bits per heavy atom. The van der Waals surface area contributed by atoms with Crippen LogP contribution in [-0.2, 0) is 10.0 Å². The summed E-state index contributed by atoms with van der Waals surface area (Å²) in [5.41, 5.74) is 2.96. The highest BCUT2D eigenvalue weighted by molar-refractivity contribution is 7.92. The van der Waals surface area contributed by atoms with Crippen LogP contribution in [0.2, 0.25) is 0 Å². The minimum absolute atomic E-state index is 0.132. The summed E-state index contributed by atoms with van der Waals surface area (Å²) >= 11 is 0. The fraction of sp³-hybridized carbons (Fsp3) is 0.174. The van der Waals surface area contributed by atoms with Gasteiger partial charge in [0.25, 0.3) is 15.9 Å². The Kier molecular flexibility index (Phi) is 6.03. The number of nitrogens with one attached hydrogen (secondary N) is 1. The Bertz CT molecular complexity index is 1080. The van der Waals surface area contributed by atoms with E-state index < -0.39 is 10.0 Å². The maximum Gasteiger partial charge on any atom is 0.264 e. The molecule has 0 saturated carbocycles. The summed E-state index contributed by atoms with van der Waals surface area (Å²) in [4.78, 5) is 12.7. The monoisotopic (exact) mass is 408 g/mol. The van der Waals surface area contributed by atoms with E-state index in [-0.39, 0.29) is 16.8 Å². The Balaban J connectivity index is 1.73. The highest BCUT2D eigenvalue weighted by Crippen LogP contribution is 2.23. The van der Waals surface area contributed by atoms with E-state index >= 15 is 0 Å². The summed E-state index contributed by atoms with van der Waals surface area (Å²) in [6, 6.07) is 22.8. The second kappa shape index (κ2) is 8.49. The van der Waals surface area contributed by atoms with Crippen LogP contribution in [0.1, 0.15) is 34.5 Å². The summed E-state index contributed by atoms with van der Waals surface area (Å²) in [6.45, 7) is 3.83. The normalized spacial score (nSPS) is 12.2. The zero-order valence-corrected chi connectivity index (χ0v) is 17.5. The number of hydrogen-bond acceptors (Lipinski definition) is 3. The Morgan fingerprint density at radius 1 is 0.897 bits per heavy atom. The van der Waals surface area contributed by atoms with Crippen LogP contribution in [0.5, 0.6) is 0 Å². The molecule has 0 bridgehead atoms. The highest BCUT2D eigenvalue weighted by atomic mass is 32.2. The number of hydrogen-bond donors (Lipinski definition) is 1. The Labute approximate surface area is 172 Å². The van der Waals surface area contributed by atoms with Crippen LogP contribution < -0.4 is 9.62 Å². The molecule has 0 aliphatic carbocycles. The molecule has 1 amide bonds. The fourth-order valence-corrected chi connectivity index (χ4v) is 4.13. The number of rotatable bonds is 6. The van der Waals surface area contributed by atoms with Gasteiger partial charge in [0, 0.05) is 12.6 Å². The predicted molar refractivity (Wildman–Crippen MR) is 116 cm³/mol. The van der Waals surface area contributed by atoms with Crippen molar-refractivity contribution in [3.05, 3.63) is 95.6 Å². The summed E-state index contributed by atoms with van der Waals surface area (Å²) in [7, 11) is -2.16. The fourth-order valence-electron chi connectivity index (χ4n) is 2.93. The van der Waals surface area contributed by atoms with Crippen molar-refractivity contribution in [1.29, 1.82) is 0 Å². The molecule has 150 valence electrons. The van der Waals surface area contributed by atoms with E-state index in [9.17, 15) is 13.2 Å². The van der Waals surface area contributed by atoms with Gasteiger partial charge in [-0.1, -0.05) is 48.0 Å². The number of benzene rings is 3. The topological polar surface area (TPSA) is 66.5 Å². The third kappa shape index (κ3) is 4.66. The first kappa shape index (κ1) is 20.6. The van der Waals surface area contributed by atoms with Gasteiger partial charge in [0.15, 0.2) is 0 Å². The van der Waals surface area contributed by atoms with Crippen LogP contribution in [0.25, 0.3) is 0 Å². The van der Waals surface area contributed by atoms with Gasteiger partial charge in [-0.25, -0.2) is 8.42 Å². The van der Waals surface area contributed by atoms with Crippen LogP contribution >= 0.6 is 0 Å². The van der Waals surface area contributed by atoms with Crippen LogP contribution in [0.4, 0.5) is 5.69 Å². The van der Waals surface area contributed by atoms with E-state index in [0.29, 0.717) is 11.3 Å². The van der Waals surface area contributed by atoms with Crippen molar-refractivity contribution in [1.82, 2.24) is 5.32 Å². The standard InChI is InChI=1S/C23H24N2O3S/c1-17-9-15-22(16-10-17)29(27,28)25(3)21-13-11-20(12-14-21)23(26)24-18(2)19-7-5-4-6-8-19/h4-16,18H,1-3H3,(H,24,26)/t18-/m0/s1. The molecule has 0 spiro atoms. The van der Waals surface area contributed by atoms with Crippen LogP contribution in [0, 0.1) is 6.92 Å². The van der Waals surface area contributed by atoms with E-state index in [1.54, 1.807) is 48.5 Å². The smallest absolute Gasteiger partial charge is 0.264 e. The second-order valence-corrected chi connectivity index (χ2v) is 8.91. The van der Waals surface area contributed by atoms with Gasteiger partial charge in [-0.3, -0.25) is 9.10 Å². The van der Waals surface area contributed by atoms with E-state index in [1.165, 1.54) is 11.4 Å². The average Bonchev–Trinajstić information content (AvgIpc) is 2.74. The van der Waals surface area contributed by atoms with Gasteiger partial charge in [-0.2, -0.15) is 0 Å². The van der Waals surface area contributed by atoms with E-state index in [2.05, 4.69) is 5.32 Å². The lowest BCUT2D eigenvalue weighted by molar-refractivity contribution is 0.0940. The molecule has 1 N–H and O–H groups in total. The number of carbonyl (C=O) groups is 1. The molecule has 0 fully saturated rings. The van der Waals surface area contributed by atoms with Gasteiger partial charge in [0.05, 0.1) is 16.6 Å². The van der Waals surface area contributed by atoms with E-state index in [0.717, 1.165) is 11.1 Å². The number of sulfonamides is 1. The van der Waals surface area contributed by atoms with Crippen molar-refractivity contribution in [3.63, 3.8) is 0 Å². The molecule has 3 rings (SSSR count). The second-order valence-electron chi connectivity index (χ2n) is 6.94. The first-order valence-electron chi connectivity index (χ1n) is 9.30. The quantitative estimate of drug-likeness (QED) is 0.661. The molecule has 0 saturated heterocycles. The molecule has 0 radical (unpaired) electrons. The average molecular weight is 409 g/mol. The molecule has 29 heavy (non-hydrogen) atoms. The molecular weight excluding hydrogens is 384 g/mol. The summed E-state index contributed by atoms with van der Waals surface area (Å²) in [6.07, 6.45) is 0. The van der Waals surface area contributed by atoms with Crippen LogP contribution in [0.3, 0.4) is 0 Å². The predicted octanol–water partition coefficient (Wildman–Crippen LogP) is 4.31. The van der Waals surface area contributed by atoms with Gasteiger partial charge >= 0.3 is 0 Å². The summed E-state index contributed by atoms with van der Waals surface area (Å²) in [5.74, 6) is -0.211. The zero-order valence-electron chi connectivity index (χ0n) is 16.7. The lowest BCUT2D eigenvalue weighted by Gasteiger charge is -2.20. The molecule has 6 heteroatoms. The number of anilines is 1. The van der Waals surface area contributed by atoms with Gasteiger partial charge < -0.3 is 5.32 Å². The minimum atomic E-state index is -3.66. The SMILES string of the molecule is Cc1ccc(S(=O)(=O)N(C)c2ccc(C(=O)N[C@@H](C)c3ccccc3)cc2)cc1. The molecule has 0 unspecified atom stereocenters. The van der Waals surface area contributed by atoms with Crippen molar-refractivity contribution in [3.8, 4) is 0 Å². The number of amides is 1. The minimum Gasteiger partial charge on any atom is -0.346 e. The molecule has 0 aliphatic heterocycles. The highest BCUT2D eigenvalue weighted by Gasteiger charge is 2.21. The third-order valence-corrected chi connectivity index (χ3v) is 6.62.